The standard InChI is InChI=1S/C28H28FN3O5/c1-27(30)14-37-25-20(27)13-23(32-24(25)15-4-6-17(29)7-5-15)28(2,35)9-8-22(34)21-11-16-10-18(33)12-19(16)26(31-21)36-3/h4-7,11,13,35H,8-10,12,14,30H2,1-3H3. The summed E-state index contributed by atoms with van der Waals surface area (Å²) in [6, 6.07) is 9.18. The van der Waals surface area contributed by atoms with Crippen molar-refractivity contribution in [3.05, 3.63) is 70.3 Å². The van der Waals surface area contributed by atoms with Crippen LogP contribution in [-0.2, 0) is 28.8 Å². The molecular formula is C28H28FN3O5. The molecule has 9 heteroatoms. The number of hydrogen-bond donors (Lipinski definition) is 2. The number of carbonyl (C=O) groups is 2. The number of hydrogen-bond acceptors (Lipinski definition) is 8. The highest BCUT2D eigenvalue weighted by atomic mass is 19.1. The van der Waals surface area contributed by atoms with Crippen LogP contribution in [-0.4, -0.2) is 40.4 Å². The number of ether oxygens (including phenoxy) is 2. The molecule has 2 aromatic heterocycles. The molecule has 0 saturated heterocycles. The van der Waals surface area contributed by atoms with Crippen molar-refractivity contribution in [3.63, 3.8) is 0 Å². The molecule has 0 amide bonds. The zero-order chi connectivity index (χ0) is 26.5. The van der Waals surface area contributed by atoms with Gasteiger partial charge in [-0.3, -0.25) is 9.59 Å². The van der Waals surface area contributed by atoms with Crippen LogP contribution in [0.25, 0.3) is 11.3 Å². The van der Waals surface area contributed by atoms with Gasteiger partial charge < -0.3 is 20.3 Å². The van der Waals surface area contributed by atoms with Gasteiger partial charge in [0.1, 0.15) is 35.2 Å². The maximum Gasteiger partial charge on any atom is 0.217 e. The van der Waals surface area contributed by atoms with Crippen LogP contribution in [0.1, 0.15) is 59.6 Å². The molecule has 2 aliphatic rings. The summed E-state index contributed by atoms with van der Waals surface area (Å²) in [6.07, 6.45) is 0.537. The van der Waals surface area contributed by atoms with Crippen LogP contribution in [0.3, 0.4) is 0 Å². The average molecular weight is 506 g/mol. The van der Waals surface area contributed by atoms with Gasteiger partial charge in [-0.25, -0.2) is 14.4 Å². The predicted molar refractivity (Wildman–Crippen MR) is 133 cm³/mol. The maximum absolute atomic E-state index is 13.6. The number of methoxy groups -OCH3 is 1. The van der Waals surface area contributed by atoms with Gasteiger partial charge in [0.15, 0.2) is 11.5 Å². The van der Waals surface area contributed by atoms with E-state index in [2.05, 4.69) is 9.97 Å². The topological polar surface area (TPSA) is 125 Å². The molecule has 0 saturated carbocycles. The van der Waals surface area contributed by atoms with Crippen molar-refractivity contribution in [1.82, 2.24) is 9.97 Å². The minimum atomic E-state index is -1.49. The number of rotatable bonds is 7. The minimum Gasteiger partial charge on any atom is -0.489 e. The molecule has 3 N–H and O–H groups in total. The van der Waals surface area contributed by atoms with Gasteiger partial charge in [0.05, 0.1) is 18.3 Å². The van der Waals surface area contributed by atoms with E-state index in [0.29, 0.717) is 28.3 Å². The summed E-state index contributed by atoms with van der Waals surface area (Å²) >= 11 is 0. The fourth-order valence-electron chi connectivity index (χ4n) is 4.83. The average Bonchev–Trinajstić information content (AvgIpc) is 3.40. The Morgan fingerprint density at radius 2 is 1.97 bits per heavy atom. The third kappa shape index (κ3) is 4.60. The van der Waals surface area contributed by atoms with E-state index >= 15 is 0 Å². The molecule has 5 rings (SSSR count). The lowest BCUT2D eigenvalue weighted by Crippen LogP contribution is -2.35. The van der Waals surface area contributed by atoms with Gasteiger partial charge in [0.25, 0.3) is 0 Å². The monoisotopic (exact) mass is 505 g/mol. The van der Waals surface area contributed by atoms with E-state index in [9.17, 15) is 19.1 Å². The van der Waals surface area contributed by atoms with Crippen molar-refractivity contribution in [2.24, 2.45) is 5.73 Å². The first-order valence-electron chi connectivity index (χ1n) is 12.1. The van der Waals surface area contributed by atoms with Crippen molar-refractivity contribution >= 4 is 11.6 Å². The van der Waals surface area contributed by atoms with Gasteiger partial charge >= 0.3 is 0 Å². The number of nitrogens with two attached hydrogens (primary N) is 1. The molecule has 0 radical (unpaired) electrons. The van der Waals surface area contributed by atoms with Crippen LogP contribution in [0.5, 0.6) is 11.6 Å². The first kappa shape index (κ1) is 25.0. The van der Waals surface area contributed by atoms with Crippen LogP contribution in [0, 0.1) is 5.82 Å². The van der Waals surface area contributed by atoms with Gasteiger partial charge in [-0.2, -0.15) is 0 Å². The molecule has 1 aromatic carbocycles. The lowest BCUT2D eigenvalue weighted by molar-refractivity contribution is -0.117. The van der Waals surface area contributed by atoms with E-state index in [0.717, 1.165) is 11.1 Å². The van der Waals surface area contributed by atoms with Gasteiger partial charge in [0, 0.05) is 36.0 Å². The number of fused-ring (bicyclic) bond motifs is 2. The highest BCUT2D eigenvalue weighted by Crippen LogP contribution is 2.44. The lowest BCUT2D eigenvalue weighted by Gasteiger charge is -2.25. The van der Waals surface area contributed by atoms with Gasteiger partial charge in [-0.05, 0) is 62.2 Å². The lowest BCUT2D eigenvalue weighted by atomic mass is 9.88. The first-order chi connectivity index (χ1) is 17.5. The minimum absolute atomic E-state index is 0.0169. The normalized spacial score (nSPS) is 19.7. The van der Waals surface area contributed by atoms with Gasteiger partial charge in [-0.15, -0.1) is 0 Å². The highest BCUT2D eigenvalue weighted by molar-refractivity contribution is 5.96. The smallest absolute Gasteiger partial charge is 0.217 e. The SMILES string of the molecule is COc1nc(C(=O)CCC(C)(O)c2cc3c(c(-c4ccc(F)cc4)n2)OCC3(C)N)cc2c1CC(=O)C2. The van der Waals surface area contributed by atoms with Crippen molar-refractivity contribution in [3.8, 4) is 22.9 Å². The highest BCUT2D eigenvalue weighted by Gasteiger charge is 2.38. The predicted octanol–water partition coefficient (Wildman–Crippen LogP) is 3.40. The quantitative estimate of drug-likeness (QED) is 0.468. The van der Waals surface area contributed by atoms with E-state index in [-0.39, 0.29) is 61.2 Å². The summed E-state index contributed by atoms with van der Waals surface area (Å²) in [7, 11) is 1.46. The Balaban J connectivity index is 1.44. The van der Waals surface area contributed by atoms with E-state index in [1.807, 2.05) is 6.92 Å². The number of benzene rings is 1. The zero-order valence-corrected chi connectivity index (χ0v) is 20.9. The summed E-state index contributed by atoms with van der Waals surface area (Å²) in [5.41, 5.74) is 7.89. The third-order valence-electron chi connectivity index (χ3n) is 7.03. The Kier molecular flexibility index (Phi) is 6.08. The number of ketones is 2. The zero-order valence-electron chi connectivity index (χ0n) is 20.9. The second-order valence-electron chi connectivity index (χ2n) is 10.2. The molecule has 1 aliphatic carbocycles. The molecule has 0 spiro atoms. The molecule has 0 bridgehead atoms. The number of carbonyl (C=O) groups excluding carboxylic acids is 2. The molecule has 1 aliphatic heterocycles. The van der Waals surface area contributed by atoms with Crippen molar-refractivity contribution in [2.45, 2.75) is 50.7 Å². The summed E-state index contributed by atoms with van der Waals surface area (Å²) in [4.78, 5) is 34.0. The Morgan fingerprint density at radius 3 is 2.68 bits per heavy atom. The summed E-state index contributed by atoms with van der Waals surface area (Å²) in [5, 5.41) is 11.4. The van der Waals surface area contributed by atoms with Crippen LogP contribution in [0.15, 0.2) is 36.4 Å². The fraction of sp³-hybridized carbons (Fsp3) is 0.357. The molecular weight excluding hydrogens is 477 g/mol. The largest absolute Gasteiger partial charge is 0.489 e. The molecule has 2 atom stereocenters. The number of aliphatic hydroxyl groups is 1. The molecule has 8 nitrogen and oxygen atoms in total. The van der Waals surface area contributed by atoms with E-state index in [1.165, 1.54) is 19.2 Å². The number of Topliss-reactive ketones (excluding diaryl/α,β-unsaturated/α-hetero) is 2. The molecule has 0 fully saturated rings. The van der Waals surface area contributed by atoms with Crippen LogP contribution in [0.2, 0.25) is 0 Å². The van der Waals surface area contributed by atoms with Gasteiger partial charge in [0.2, 0.25) is 5.88 Å². The first-order valence-corrected chi connectivity index (χ1v) is 12.1. The van der Waals surface area contributed by atoms with E-state index in [1.54, 1.807) is 31.2 Å². The molecule has 192 valence electrons. The molecule has 37 heavy (non-hydrogen) atoms. The number of nitrogens with zero attached hydrogens (tertiary/aromatic N) is 2. The van der Waals surface area contributed by atoms with Crippen LogP contribution < -0.4 is 15.2 Å². The maximum atomic E-state index is 13.6. The van der Waals surface area contributed by atoms with Crippen LogP contribution >= 0.6 is 0 Å². The number of pyridine rings is 2. The Bertz CT molecular complexity index is 1420. The van der Waals surface area contributed by atoms with Crippen molar-refractivity contribution in [2.75, 3.05) is 13.7 Å². The summed E-state index contributed by atoms with van der Waals surface area (Å²) < 4.78 is 24.7. The molecule has 3 aromatic rings. The third-order valence-corrected chi connectivity index (χ3v) is 7.03. The summed E-state index contributed by atoms with van der Waals surface area (Å²) in [6.45, 7) is 3.64. The Hall–Kier alpha value is -3.69. The second-order valence-corrected chi connectivity index (χ2v) is 10.2. The molecule has 2 unspecified atom stereocenters. The Morgan fingerprint density at radius 1 is 1.24 bits per heavy atom. The summed E-state index contributed by atoms with van der Waals surface area (Å²) in [5.74, 6) is 0.166. The van der Waals surface area contributed by atoms with Crippen molar-refractivity contribution < 1.29 is 28.6 Å². The van der Waals surface area contributed by atoms with E-state index < -0.39 is 11.1 Å². The number of halogens is 1. The fourth-order valence-corrected chi connectivity index (χ4v) is 4.83. The van der Waals surface area contributed by atoms with Crippen molar-refractivity contribution in [1.29, 1.82) is 0 Å². The molecule has 3 heterocycles. The second kappa shape index (κ2) is 9.00. The number of aromatic nitrogens is 2. The van der Waals surface area contributed by atoms with Crippen LogP contribution in [0.4, 0.5) is 4.39 Å². The Labute approximate surface area is 213 Å². The van der Waals surface area contributed by atoms with Gasteiger partial charge in [-0.1, -0.05) is 0 Å². The van der Waals surface area contributed by atoms with E-state index in [4.69, 9.17) is 15.2 Å².